The van der Waals surface area contributed by atoms with Crippen LogP contribution in [-0.4, -0.2) is 164 Å². The zero-order valence-electron chi connectivity index (χ0n) is 46.9. The molecular formula is C56H74N16O7S. The predicted octanol–water partition coefficient (Wildman–Crippen LogP) is 5.17. The number of ether oxygens (including phenoxy) is 1. The smallest absolute Gasteiger partial charge is 0.254 e. The number of amides is 4. The van der Waals surface area contributed by atoms with Crippen molar-refractivity contribution in [2.75, 3.05) is 68.5 Å². The number of aromatic amines is 1. The summed E-state index contributed by atoms with van der Waals surface area (Å²) in [7, 11) is -2.17. The molecule has 2 aliphatic heterocycles. The van der Waals surface area contributed by atoms with Crippen molar-refractivity contribution >= 4 is 67.8 Å². The van der Waals surface area contributed by atoms with Crippen LogP contribution in [0.25, 0.3) is 16.6 Å². The van der Waals surface area contributed by atoms with Gasteiger partial charge in [0, 0.05) is 86.5 Å². The Balaban J connectivity index is 0.821. The van der Waals surface area contributed by atoms with Gasteiger partial charge >= 0.3 is 0 Å². The number of carbonyl (C=O) groups is 4. The average molecular weight is 1120 g/mol. The average Bonchev–Trinajstić information content (AvgIpc) is 4.15. The minimum atomic E-state index is -3.85. The highest BCUT2D eigenvalue weighted by Gasteiger charge is 2.45. The molecule has 3 fully saturated rings. The first-order valence-corrected chi connectivity index (χ1v) is 29.0. The van der Waals surface area contributed by atoms with Crippen LogP contribution in [-0.2, 0) is 24.2 Å². The maximum Gasteiger partial charge on any atom is 0.254 e. The topological polar surface area (TPSA) is 280 Å². The second-order valence-corrected chi connectivity index (χ2v) is 24.8. The van der Waals surface area contributed by atoms with Crippen molar-refractivity contribution in [2.45, 2.75) is 127 Å². The van der Waals surface area contributed by atoms with Crippen LogP contribution in [0.3, 0.4) is 0 Å². The van der Waals surface area contributed by atoms with Crippen molar-refractivity contribution in [2.24, 2.45) is 5.92 Å². The highest BCUT2D eigenvalue weighted by Crippen LogP contribution is 2.38. The molecule has 6 heterocycles. The molecule has 4 aromatic heterocycles. The van der Waals surface area contributed by atoms with Gasteiger partial charge in [-0.2, -0.15) is 10.2 Å². The molecule has 23 nitrogen and oxygen atoms in total. The lowest BCUT2D eigenvalue weighted by atomic mass is 9.83. The lowest BCUT2D eigenvalue weighted by Gasteiger charge is -2.35. The molecule has 1 aliphatic carbocycles. The van der Waals surface area contributed by atoms with Crippen molar-refractivity contribution in [3.63, 3.8) is 0 Å². The molecule has 0 spiro atoms. The van der Waals surface area contributed by atoms with Crippen molar-refractivity contribution in [3.8, 4) is 11.4 Å². The number of nitrogens with zero attached hydrogens (tertiary/aromatic N) is 10. The maximum absolute atomic E-state index is 14.9. The van der Waals surface area contributed by atoms with Crippen molar-refractivity contribution in [3.05, 3.63) is 89.8 Å². The van der Waals surface area contributed by atoms with Crippen LogP contribution in [0.5, 0.6) is 5.75 Å². The zero-order chi connectivity index (χ0) is 56.9. The summed E-state index contributed by atoms with van der Waals surface area (Å²) in [4.78, 5) is 80.6. The van der Waals surface area contributed by atoms with Gasteiger partial charge in [-0.3, -0.25) is 29.2 Å². The van der Waals surface area contributed by atoms with E-state index in [4.69, 9.17) is 4.74 Å². The largest absolute Gasteiger partial charge is 0.492 e. The molecule has 2 aromatic carbocycles. The summed E-state index contributed by atoms with van der Waals surface area (Å²) in [6.07, 6.45) is 9.59. The van der Waals surface area contributed by atoms with E-state index in [1.165, 1.54) is 23.6 Å². The maximum atomic E-state index is 14.9. The van der Waals surface area contributed by atoms with Crippen LogP contribution in [0.4, 0.5) is 23.4 Å². The molecule has 9 rings (SSSR count). The summed E-state index contributed by atoms with van der Waals surface area (Å²) < 4.78 is 34.8. The number of piperazine rings is 1. The molecule has 4 amide bonds. The van der Waals surface area contributed by atoms with E-state index in [1.54, 1.807) is 57.6 Å². The summed E-state index contributed by atoms with van der Waals surface area (Å²) in [5.41, 5.74) is 3.99. The third-order valence-corrected chi connectivity index (χ3v) is 18.0. The molecule has 4 atom stereocenters. The fourth-order valence-electron chi connectivity index (χ4n) is 10.5. The lowest BCUT2D eigenvalue weighted by molar-refractivity contribution is -0.142. The highest BCUT2D eigenvalue weighted by atomic mass is 32.2. The summed E-state index contributed by atoms with van der Waals surface area (Å²) in [5.74, 6) is 0.487. The minimum absolute atomic E-state index is 0.0423. The first-order chi connectivity index (χ1) is 38.3. The molecule has 0 bridgehead atoms. The summed E-state index contributed by atoms with van der Waals surface area (Å²) in [6, 6.07) is 11.4. The van der Waals surface area contributed by atoms with E-state index in [0.717, 1.165) is 49.0 Å². The van der Waals surface area contributed by atoms with E-state index in [-0.39, 0.29) is 53.5 Å². The number of hydrogen-bond donors (Lipinski definition) is 6. The Morgan fingerprint density at radius 2 is 1.62 bits per heavy atom. The summed E-state index contributed by atoms with van der Waals surface area (Å²) in [6.45, 7) is 16.1. The first-order valence-electron chi connectivity index (χ1n) is 27.6. The number of fused-ring (bicyclic) bond motifs is 1. The molecule has 6 aromatic rings. The van der Waals surface area contributed by atoms with Crippen LogP contribution in [0.1, 0.15) is 99.9 Å². The van der Waals surface area contributed by atoms with Crippen molar-refractivity contribution < 1.29 is 32.3 Å². The molecule has 6 N–H and O–H groups in total. The van der Waals surface area contributed by atoms with Gasteiger partial charge in [-0.1, -0.05) is 37.5 Å². The van der Waals surface area contributed by atoms with E-state index >= 15 is 0 Å². The first kappa shape index (κ1) is 57.1. The fraction of sp³-hybridized carbons (Fsp3) is 0.500. The Morgan fingerprint density at radius 1 is 0.900 bits per heavy atom. The third-order valence-electron chi connectivity index (χ3n) is 15.5. The number of aryl methyl sites for hydroxylation is 2. The Bertz CT molecular complexity index is 3300. The van der Waals surface area contributed by atoms with Crippen LogP contribution >= 0.6 is 0 Å². The molecular weight excluding hydrogens is 1040 g/mol. The van der Waals surface area contributed by atoms with Gasteiger partial charge in [-0.15, -0.1) is 0 Å². The minimum Gasteiger partial charge on any atom is -0.492 e. The van der Waals surface area contributed by atoms with E-state index in [2.05, 4.69) is 71.6 Å². The molecule has 24 heteroatoms. The number of nitrogens with one attached hydrogen (secondary N) is 6. The Morgan fingerprint density at radius 3 is 2.30 bits per heavy atom. The number of carbonyl (C=O) groups excluding carboxylic acids is 4. The second kappa shape index (κ2) is 24.4. The van der Waals surface area contributed by atoms with Gasteiger partial charge in [0.05, 0.1) is 39.9 Å². The number of rotatable bonds is 19. The second-order valence-electron chi connectivity index (χ2n) is 22.1. The molecule has 0 radical (unpaired) electrons. The van der Waals surface area contributed by atoms with E-state index in [0.29, 0.717) is 79.1 Å². The van der Waals surface area contributed by atoms with Gasteiger partial charge < -0.3 is 41.1 Å². The number of para-hydroxylation sites is 1. The zero-order valence-corrected chi connectivity index (χ0v) is 47.7. The van der Waals surface area contributed by atoms with E-state index in [1.807, 2.05) is 51.1 Å². The van der Waals surface area contributed by atoms with Crippen LogP contribution < -0.4 is 36.2 Å². The summed E-state index contributed by atoms with van der Waals surface area (Å²) >= 11 is 0. The van der Waals surface area contributed by atoms with Gasteiger partial charge in [0.2, 0.25) is 23.7 Å². The van der Waals surface area contributed by atoms with Gasteiger partial charge in [0.15, 0.2) is 15.7 Å². The number of likely N-dealkylation sites (N-methyl/N-ethyl adjacent to an activating group) is 1. The Labute approximate surface area is 466 Å². The number of likely N-dealkylation sites (tertiary alicyclic amines) is 1. The lowest BCUT2D eigenvalue weighted by Crippen LogP contribution is -2.57. The number of benzene rings is 2. The molecule has 426 valence electrons. The molecule has 1 saturated carbocycles. The predicted molar refractivity (Wildman–Crippen MR) is 304 cm³/mol. The fourth-order valence-corrected chi connectivity index (χ4v) is 11.8. The summed E-state index contributed by atoms with van der Waals surface area (Å²) in [5, 5.41) is 27.7. The van der Waals surface area contributed by atoms with Crippen LogP contribution in [0.2, 0.25) is 0 Å². The van der Waals surface area contributed by atoms with Crippen LogP contribution in [0, 0.1) is 26.7 Å². The molecule has 3 aliphatic rings. The number of anilines is 4. The Kier molecular flexibility index (Phi) is 17.4. The number of aromatic nitrogens is 8. The highest BCUT2D eigenvalue weighted by molar-refractivity contribution is 7.92. The van der Waals surface area contributed by atoms with E-state index in [9.17, 15) is 27.6 Å². The van der Waals surface area contributed by atoms with Gasteiger partial charge in [0.25, 0.3) is 5.91 Å². The van der Waals surface area contributed by atoms with Gasteiger partial charge in [-0.05, 0) is 105 Å². The van der Waals surface area contributed by atoms with Crippen molar-refractivity contribution in [1.82, 2.24) is 65.7 Å². The quantitative estimate of drug-likeness (QED) is 0.0571. The monoisotopic (exact) mass is 1110 g/mol. The van der Waals surface area contributed by atoms with Gasteiger partial charge in [-0.25, -0.2) is 33.0 Å². The number of hydrogen-bond acceptors (Lipinski definition) is 17. The van der Waals surface area contributed by atoms with Crippen LogP contribution in [0.15, 0.2) is 72.1 Å². The SMILES string of the molecule is CNC(C)C(=O)NC(C(=O)N1C[C@@H](NC(=O)c2cnc(N3CCN(CCCOc4cc5ncnc(Nc6n[nH]c(C)c6C)c5cc4S(=O)(=O)C(C)(C)C)CC3)nc2)C[C@H]1C(=O)Nc1cc(C)nn1-c1ccccc1)C1CCCCC1. The molecule has 80 heavy (non-hydrogen) atoms. The normalized spacial score (nSPS) is 18.2. The van der Waals surface area contributed by atoms with E-state index < -0.39 is 50.6 Å². The molecule has 2 unspecified atom stereocenters. The number of H-pyrrole nitrogens is 1. The Hall–Kier alpha value is -7.57. The standard InChI is InChI=1S/C56H74N16O7S/c1-34-26-47(72(68-34)41-18-13-10-14-19-41)63-53(75)44-27-40(32-71(44)54(76)48(38-16-11-9-12-17-38)64-51(73)37(4)57-8)62-52(74)39-30-58-55(59-31-39)70-23-21-69(22-24-70)20-15-25-79-45-29-43-42(28-46(45)80(77,78)56(5,6)7)50(61-33-60-43)65-49-35(2)36(3)66-67-49/h10,13-14,18-19,26,28-31,33,37-38,40,44,48,57H,9,11-12,15-17,20-25,27,32H2,1-8H3,(H,62,74)(H,63,75)(H,64,73)(H2,60,61,65,66,67)/t37?,40-,44-,48?/m0/s1. The van der Waals surface area contributed by atoms with Crippen molar-refractivity contribution in [1.29, 1.82) is 0 Å². The third kappa shape index (κ3) is 12.7. The number of sulfone groups is 1. The van der Waals surface area contributed by atoms with Gasteiger partial charge in [0.1, 0.15) is 40.7 Å². The molecule has 2 saturated heterocycles.